The molecule has 4 nitrogen and oxygen atoms in total. The first kappa shape index (κ1) is 24.2. The van der Waals surface area contributed by atoms with Crippen molar-refractivity contribution in [3.05, 3.63) is 29.8 Å². The fraction of sp³-hybridized carbons (Fsp3) is 0.526. The summed E-state index contributed by atoms with van der Waals surface area (Å²) in [5, 5.41) is 0. The van der Waals surface area contributed by atoms with E-state index in [4.69, 9.17) is 42.7 Å². The Kier molecular flexibility index (Phi) is 11.9. The van der Waals surface area contributed by atoms with E-state index in [1.54, 1.807) is 6.08 Å². The normalized spacial score (nSPS) is 11.6. The molecule has 0 saturated heterocycles. The van der Waals surface area contributed by atoms with Crippen LogP contribution < -0.4 is 9.47 Å². The van der Waals surface area contributed by atoms with E-state index in [1.165, 1.54) is 13.2 Å². The molecule has 1 aromatic carbocycles. The highest BCUT2D eigenvalue weighted by atomic mass is 35.8. The minimum absolute atomic E-state index is 0.409. The number of hydrogen-bond acceptors (Lipinski definition) is 4. The van der Waals surface area contributed by atoms with Gasteiger partial charge >= 0.3 is 12.0 Å². The fourth-order valence-electron chi connectivity index (χ4n) is 2.24. The Hall–Kier alpha value is -0.883. The summed E-state index contributed by atoms with van der Waals surface area (Å²) in [6.07, 6.45) is 7.89. The molecule has 0 heterocycles. The van der Waals surface area contributed by atoms with E-state index in [-0.39, 0.29) is 0 Å². The Morgan fingerprint density at radius 2 is 1.70 bits per heavy atom. The molecule has 1 aromatic rings. The van der Waals surface area contributed by atoms with Gasteiger partial charge in [0.2, 0.25) is 0 Å². The summed E-state index contributed by atoms with van der Waals surface area (Å²) in [7, 11) is 1.34. The largest absolute Gasteiger partial charge is 0.490 e. The van der Waals surface area contributed by atoms with Crippen molar-refractivity contribution in [2.45, 2.75) is 45.1 Å². The first-order valence-corrected chi connectivity index (χ1v) is 14.3. The number of unbranched alkanes of at least 4 members (excludes halogenated alkanes) is 3. The van der Waals surface area contributed by atoms with Gasteiger partial charge < -0.3 is 14.2 Å². The Morgan fingerprint density at radius 1 is 1.04 bits per heavy atom. The predicted octanol–water partition coefficient (Wildman–Crippen LogP) is 6.26. The quantitative estimate of drug-likeness (QED) is 0.116. The minimum atomic E-state index is -2.57. The molecule has 0 saturated carbocycles. The van der Waals surface area contributed by atoms with Crippen molar-refractivity contribution in [1.29, 1.82) is 0 Å². The van der Waals surface area contributed by atoms with Gasteiger partial charge in [0.1, 0.15) is 0 Å². The van der Waals surface area contributed by atoms with Gasteiger partial charge in [-0.05, 0) is 49.1 Å². The molecule has 0 aromatic heterocycles. The number of benzene rings is 1. The standard InChI is InChI=1S/C19H27Cl3O4Si/c1-3-4-5-12-25-17-10-8-16(9-11-19(23)24-2)15-18(17)26-13-6-7-14-27(20,21)22/h8-11,15H,3-7,12-14H2,1-2H3. The first-order chi connectivity index (χ1) is 12.9. The Balaban J connectivity index is 2.70. The molecule has 0 fully saturated rings. The van der Waals surface area contributed by atoms with Crippen LogP contribution in [0.15, 0.2) is 24.3 Å². The van der Waals surface area contributed by atoms with Crippen molar-refractivity contribution >= 4 is 51.3 Å². The van der Waals surface area contributed by atoms with Gasteiger partial charge in [0.05, 0.1) is 20.3 Å². The number of methoxy groups -OCH3 is 1. The first-order valence-electron chi connectivity index (χ1n) is 9.08. The molecule has 0 aliphatic heterocycles. The summed E-state index contributed by atoms with van der Waals surface area (Å²) in [5.41, 5.74) is 0.824. The molecule has 0 aliphatic carbocycles. The maximum absolute atomic E-state index is 11.3. The molecule has 0 aliphatic rings. The molecule has 27 heavy (non-hydrogen) atoms. The van der Waals surface area contributed by atoms with Crippen LogP contribution in [0.25, 0.3) is 6.08 Å². The molecule has 0 bridgehead atoms. The van der Waals surface area contributed by atoms with E-state index >= 15 is 0 Å². The van der Waals surface area contributed by atoms with Gasteiger partial charge in [-0.2, -0.15) is 0 Å². The molecule has 0 spiro atoms. The van der Waals surface area contributed by atoms with Crippen molar-refractivity contribution in [1.82, 2.24) is 0 Å². The fourth-order valence-corrected chi connectivity index (χ4v) is 4.09. The maximum atomic E-state index is 11.3. The molecule has 0 N–H and O–H groups in total. The molecular formula is C19H27Cl3O4Si. The number of hydrogen-bond donors (Lipinski definition) is 0. The van der Waals surface area contributed by atoms with Crippen molar-refractivity contribution in [2.75, 3.05) is 20.3 Å². The van der Waals surface area contributed by atoms with Crippen LogP contribution in [0, 0.1) is 0 Å². The summed E-state index contributed by atoms with van der Waals surface area (Å²) >= 11 is 17.7. The van der Waals surface area contributed by atoms with Crippen molar-refractivity contribution in [3.8, 4) is 11.5 Å². The van der Waals surface area contributed by atoms with Gasteiger partial charge in [-0.1, -0.05) is 25.8 Å². The lowest BCUT2D eigenvalue weighted by Gasteiger charge is -2.14. The average molecular weight is 454 g/mol. The Labute approximate surface area is 176 Å². The van der Waals surface area contributed by atoms with Gasteiger partial charge in [-0.15, -0.1) is 33.2 Å². The third kappa shape index (κ3) is 11.5. The Bertz CT molecular complexity index is 603. The van der Waals surface area contributed by atoms with E-state index in [1.807, 2.05) is 18.2 Å². The molecular weight excluding hydrogens is 427 g/mol. The van der Waals surface area contributed by atoms with Crippen molar-refractivity contribution < 1.29 is 19.0 Å². The minimum Gasteiger partial charge on any atom is -0.490 e. The summed E-state index contributed by atoms with van der Waals surface area (Å²) in [5.74, 6) is 0.926. The van der Waals surface area contributed by atoms with Crippen LogP contribution >= 0.6 is 33.2 Å². The molecule has 0 amide bonds. The number of carbonyl (C=O) groups excluding carboxylic acids is 1. The highest BCUT2D eigenvalue weighted by Gasteiger charge is 2.23. The monoisotopic (exact) mass is 452 g/mol. The molecule has 0 unspecified atom stereocenters. The number of rotatable bonds is 13. The molecule has 152 valence electrons. The lowest BCUT2D eigenvalue weighted by molar-refractivity contribution is -0.134. The van der Waals surface area contributed by atoms with Crippen LogP contribution in [0.2, 0.25) is 6.04 Å². The summed E-state index contributed by atoms with van der Waals surface area (Å²) < 4.78 is 16.4. The van der Waals surface area contributed by atoms with Crippen LogP contribution in [-0.2, 0) is 9.53 Å². The number of ether oxygens (including phenoxy) is 3. The third-order valence-electron chi connectivity index (χ3n) is 3.70. The van der Waals surface area contributed by atoms with Gasteiger partial charge in [0.15, 0.2) is 11.5 Å². The lowest BCUT2D eigenvalue weighted by Crippen LogP contribution is -2.09. The predicted molar refractivity (Wildman–Crippen MR) is 115 cm³/mol. The zero-order chi connectivity index (χ0) is 20.1. The summed E-state index contributed by atoms with van der Waals surface area (Å²) in [6, 6.07) is 3.61. The van der Waals surface area contributed by atoms with E-state index < -0.39 is 12.0 Å². The van der Waals surface area contributed by atoms with E-state index in [0.29, 0.717) is 30.8 Å². The van der Waals surface area contributed by atoms with Gasteiger partial charge in [0, 0.05) is 6.08 Å². The molecule has 0 radical (unpaired) electrons. The second-order valence-electron chi connectivity index (χ2n) is 6.04. The van der Waals surface area contributed by atoms with Crippen LogP contribution in [-0.4, -0.2) is 32.3 Å². The zero-order valence-corrected chi connectivity index (χ0v) is 19.1. The topological polar surface area (TPSA) is 44.8 Å². The third-order valence-corrected chi connectivity index (χ3v) is 6.32. The van der Waals surface area contributed by atoms with Crippen LogP contribution in [0.5, 0.6) is 11.5 Å². The van der Waals surface area contributed by atoms with Crippen LogP contribution in [0.3, 0.4) is 0 Å². The van der Waals surface area contributed by atoms with E-state index in [9.17, 15) is 4.79 Å². The SMILES string of the molecule is CCCCCOc1ccc(C=CC(=O)OC)cc1OCCCC[Si](Cl)(Cl)Cl. The highest BCUT2D eigenvalue weighted by molar-refractivity contribution is 7.64. The van der Waals surface area contributed by atoms with Gasteiger partial charge in [0.25, 0.3) is 0 Å². The Morgan fingerprint density at radius 3 is 2.33 bits per heavy atom. The number of carbonyl (C=O) groups is 1. The van der Waals surface area contributed by atoms with Crippen molar-refractivity contribution in [3.63, 3.8) is 0 Å². The second-order valence-corrected chi connectivity index (χ2v) is 15.3. The van der Waals surface area contributed by atoms with E-state index in [2.05, 4.69) is 11.7 Å². The lowest BCUT2D eigenvalue weighted by atomic mass is 10.2. The molecule has 8 heteroatoms. The van der Waals surface area contributed by atoms with Crippen molar-refractivity contribution in [2.24, 2.45) is 0 Å². The molecule has 1 rings (SSSR count). The van der Waals surface area contributed by atoms with Gasteiger partial charge in [-0.3, -0.25) is 0 Å². The maximum Gasteiger partial charge on any atom is 0.341 e. The average Bonchev–Trinajstić information content (AvgIpc) is 2.63. The molecule has 0 atom stereocenters. The van der Waals surface area contributed by atoms with Crippen LogP contribution in [0.1, 0.15) is 44.6 Å². The smallest absolute Gasteiger partial charge is 0.341 e. The number of esters is 1. The van der Waals surface area contributed by atoms with Gasteiger partial charge in [-0.25, -0.2) is 4.79 Å². The second kappa shape index (κ2) is 13.3. The summed E-state index contributed by atoms with van der Waals surface area (Å²) in [4.78, 5) is 11.3. The van der Waals surface area contributed by atoms with E-state index in [0.717, 1.165) is 37.7 Å². The highest BCUT2D eigenvalue weighted by Crippen LogP contribution is 2.30. The number of halogens is 3. The van der Waals surface area contributed by atoms with Crippen LogP contribution in [0.4, 0.5) is 0 Å². The summed E-state index contributed by atoms with van der Waals surface area (Å²) in [6.45, 7) is 3.29. The zero-order valence-electron chi connectivity index (χ0n) is 15.8.